The molecule has 1 atom stereocenters. The first-order chi connectivity index (χ1) is 8.19. The quantitative estimate of drug-likeness (QED) is 0.789. The standard InChI is InChI=1S/C14H22FNO/c1-4-8-16-14(7-9-17-3)12-10-11(2)5-6-13(12)15/h5-6,10,14,16H,4,7-9H2,1-3H3. The first kappa shape index (κ1) is 14.1. The molecule has 3 heteroatoms. The number of methoxy groups -OCH3 is 1. The number of nitrogens with one attached hydrogen (secondary N) is 1. The third-order valence-corrected chi connectivity index (χ3v) is 2.78. The fourth-order valence-electron chi connectivity index (χ4n) is 1.85. The highest BCUT2D eigenvalue weighted by atomic mass is 19.1. The van der Waals surface area contributed by atoms with Crippen molar-refractivity contribution in [1.29, 1.82) is 0 Å². The van der Waals surface area contributed by atoms with Crippen LogP contribution in [0.25, 0.3) is 0 Å². The summed E-state index contributed by atoms with van der Waals surface area (Å²) in [5, 5.41) is 3.37. The van der Waals surface area contributed by atoms with Crippen LogP contribution in [0.3, 0.4) is 0 Å². The molecule has 1 unspecified atom stereocenters. The second kappa shape index (κ2) is 7.41. The Morgan fingerprint density at radius 2 is 2.18 bits per heavy atom. The van der Waals surface area contributed by atoms with Crippen LogP contribution < -0.4 is 5.32 Å². The van der Waals surface area contributed by atoms with E-state index in [4.69, 9.17) is 4.74 Å². The number of hydrogen-bond donors (Lipinski definition) is 1. The number of benzene rings is 1. The first-order valence-electron chi connectivity index (χ1n) is 6.17. The summed E-state index contributed by atoms with van der Waals surface area (Å²) in [6, 6.07) is 5.29. The molecule has 0 aliphatic rings. The maximum atomic E-state index is 13.8. The van der Waals surface area contributed by atoms with Crippen molar-refractivity contribution in [2.24, 2.45) is 0 Å². The molecule has 0 aromatic heterocycles. The predicted molar refractivity (Wildman–Crippen MR) is 68.7 cm³/mol. The van der Waals surface area contributed by atoms with Gasteiger partial charge >= 0.3 is 0 Å². The molecular formula is C14H22FNO. The number of hydrogen-bond acceptors (Lipinski definition) is 2. The Morgan fingerprint density at radius 1 is 1.41 bits per heavy atom. The number of ether oxygens (including phenoxy) is 1. The summed E-state index contributed by atoms with van der Waals surface area (Å²) in [5.41, 5.74) is 1.83. The molecule has 1 N–H and O–H groups in total. The largest absolute Gasteiger partial charge is 0.385 e. The van der Waals surface area contributed by atoms with Crippen LogP contribution in [-0.4, -0.2) is 20.3 Å². The third-order valence-electron chi connectivity index (χ3n) is 2.78. The second-order valence-corrected chi connectivity index (χ2v) is 4.31. The minimum atomic E-state index is -0.139. The zero-order valence-corrected chi connectivity index (χ0v) is 10.9. The van der Waals surface area contributed by atoms with Gasteiger partial charge < -0.3 is 10.1 Å². The van der Waals surface area contributed by atoms with Crippen LogP contribution in [0.5, 0.6) is 0 Å². The van der Waals surface area contributed by atoms with E-state index in [0.29, 0.717) is 6.61 Å². The summed E-state index contributed by atoms with van der Waals surface area (Å²) in [6.45, 7) is 5.61. The third kappa shape index (κ3) is 4.44. The second-order valence-electron chi connectivity index (χ2n) is 4.31. The Balaban J connectivity index is 2.82. The molecule has 1 rings (SSSR count). The molecule has 1 aromatic rings. The maximum Gasteiger partial charge on any atom is 0.127 e. The summed E-state index contributed by atoms with van der Waals surface area (Å²) >= 11 is 0. The summed E-state index contributed by atoms with van der Waals surface area (Å²) in [7, 11) is 1.67. The van der Waals surface area contributed by atoms with Gasteiger partial charge in [0.25, 0.3) is 0 Å². The van der Waals surface area contributed by atoms with Crippen LogP contribution in [0.15, 0.2) is 18.2 Å². The SMILES string of the molecule is CCCNC(CCOC)c1cc(C)ccc1F. The molecular weight excluding hydrogens is 217 g/mol. The van der Waals surface area contributed by atoms with Crippen molar-refractivity contribution in [3.63, 3.8) is 0 Å². The van der Waals surface area contributed by atoms with Crippen molar-refractivity contribution >= 4 is 0 Å². The summed E-state index contributed by atoms with van der Waals surface area (Å²) in [4.78, 5) is 0. The highest BCUT2D eigenvalue weighted by Gasteiger charge is 2.14. The van der Waals surface area contributed by atoms with Gasteiger partial charge in [-0.25, -0.2) is 4.39 Å². The van der Waals surface area contributed by atoms with E-state index in [1.807, 2.05) is 13.0 Å². The van der Waals surface area contributed by atoms with Crippen LogP contribution in [-0.2, 0) is 4.74 Å². The first-order valence-corrected chi connectivity index (χ1v) is 6.17. The zero-order chi connectivity index (χ0) is 12.7. The molecule has 0 aliphatic heterocycles. The lowest BCUT2D eigenvalue weighted by Crippen LogP contribution is -2.24. The Kier molecular flexibility index (Phi) is 6.16. The van der Waals surface area contributed by atoms with E-state index >= 15 is 0 Å². The van der Waals surface area contributed by atoms with Gasteiger partial charge in [-0.1, -0.05) is 24.6 Å². The maximum absolute atomic E-state index is 13.8. The van der Waals surface area contributed by atoms with E-state index in [1.165, 1.54) is 6.07 Å². The fraction of sp³-hybridized carbons (Fsp3) is 0.571. The molecule has 17 heavy (non-hydrogen) atoms. The monoisotopic (exact) mass is 239 g/mol. The van der Waals surface area contributed by atoms with Gasteiger partial charge in [-0.3, -0.25) is 0 Å². The molecule has 0 saturated carbocycles. The van der Waals surface area contributed by atoms with E-state index in [2.05, 4.69) is 12.2 Å². The fourth-order valence-corrected chi connectivity index (χ4v) is 1.85. The molecule has 0 aliphatic carbocycles. The van der Waals surface area contributed by atoms with E-state index in [9.17, 15) is 4.39 Å². The van der Waals surface area contributed by atoms with Crippen LogP contribution in [0.2, 0.25) is 0 Å². The Hall–Kier alpha value is -0.930. The van der Waals surface area contributed by atoms with Gasteiger partial charge in [0, 0.05) is 25.3 Å². The summed E-state index contributed by atoms with van der Waals surface area (Å²) in [6.07, 6.45) is 1.83. The van der Waals surface area contributed by atoms with Crippen LogP contribution in [0, 0.1) is 12.7 Å². The smallest absolute Gasteiger partial charge is 0.127 e. The molecule has 0 spiro atoms. The highest BCUT2D eigenvalue weighted by molar-refractivity contribution is 5.26. The topological polar surface area (TPSA) is 21.3 Å². The van der Waals surface area contributed by atoms with Gasteiger partial charge in [-0.2, -0.15) is 0 Å². The van der Waals surface area contributed by atoms with E-state index in [-0.39, 0.29) is 11.9 Å². The van der Waals surface area contributed by atoms with Crippen molar-refractivity contribution in [3.8, 4) is 0 Å². The summed E-state index contributed by atoms with van der Waals surface area (Å²) < 4.78 is 18.9. The van der Waals surface area contributed by atoms with Crippen LogP contribution in [0.4, 0.5) is 4.39 Å². The molecule has 1 aromatic carbocycles. The normalized spacial score (nSPS) is 12.7. The van der Waals surface area contributed by atoms with Crippen molar-refractivity contribution in [3.05, 3.63) is 35.1 Å². The van der Waals surface area contributed by atoms with Gasteiger partial charge in [-0.05, 0) is 32.4 Å². The van der Waals surface area contributed by atoms with Gasteiger partial charge in [0.1, 0.15) is 5.82 Å². The van der Waals surface area contributed by atoms with Gasteiger partial charge in [0.05, 0.1) is 0 Å². The lowest BCUT2D eigenvalue weighted by atomic mass is 10.0. The average molecular weight is 239 g/mol. The zero-order valence-electron chi connectivity index (χ0n) is 10.9. The minimum absolute atomic E-state index is 0.0369. The number of rotatable bonds is 7. The molecule has 0 heterocycles. The lowest BCUT2D eigenvalue weighted by molar-refractivity contribution is 0.182. The summed E-state index contributed by atoms with van der Waals surface area (Å²) in [5.74, 6) is -0.139. The molecule has 0 radical (unpaired) electrons. The molecule has 96 valence electrons. The Bertz CT molecular complexity index is 333. The van der Waals surface area contributed by atoms with Crippen molar-refractivity contribution in [2.75, 3.05) is 20.3 Å². The van der Waals surface area contributed by atoms with Gasteiger partial charge in [0.2, 0.25) is 0 Å². The highest BCUT2D eigenvalue weighted by Crippen LogP contribution is 2.21. The predicted octanol–water partition coefficient (Wildman–Crippen LogP) is 3.21. The van der Waals surface area contributed by atoms with Crippen LogP contribution >= 0.6 is 0 Å². The molecule has 0 amide bonds. The van der Waals surface area contributed by atoms with E-state index in [1.54, 1.807) is 13.2 Å². The van der Waals surface area contributed by atoms with Crippen molar-refractivity contribution in [2.45, 2.75) is 32.7 Å². The Labute approximate surface area is 103 Å². The molecule has 0 fully saturated rings. The number of halogens is 1. The molecule has 2 nitrogen and oxygen atoms in total. The average Bonchev–Trinajstić information content (AvgIpc) is 2.33. The van der Waals surface area contributed by atoms with Gasteiger partial charge in [-0.15, -0.1) is 0 Å². The number of aryl methyl sites for hydroxylation is 1. The van der Waals surface area contributed by atoms with Crippen LogP contribution in [0.1, 0.15) is 36.9 Å². The van der Waals surface area contributed by atoms with E-state index in [0.717, 1.165) is 30.5 Å². The van der Waals surface area contributed by atoms with Crippen molar-refractivity contribution < 1.29 is 9.13 Å². The molecule has 0 bridgehead atoms. The van der Waals surface area contributed by atoms with Crippen molar-refractivity contribution in [1.82, 2.24) is 5.32 Å². The van der Waals surface area contributed by atoms with E-state index < -0.39 is 0 Å². The Morgan fingerprint density at radius 3 is 2.82 bits per heavy atom. The van der Waals surface area contributed by atoms with Gasteiger partial charge in [0.15, 0.2) is 0 Å². The lowest BCUT2D eigenvalue weighted by Gasteiger charge is -2.19. The molecule has 0 saturated heterocycles. The minimum Gasteiger partial charge on any atom is -0.385 e.